The highest BCUT2D eigenvalue weighted by Crippen LogP contribution is 2.68. The smallest absolute Gasteiger partial charge is 0.331 e. The molecule has 0 aromatic rings. The zero-order valence-corrected chi connectivity index (χ0v) is 18.7. The van der Waals surface area contributed by atoms with Crippen molar-refractivity contribution >= 4 is 18.0 Å². The van der Waals surface area contributed by atoms with Crippen LogP contribution < -0.4 is 0 Å². The highest BCUT2D eigenvalue weighted by Gasteiger charge is 2.82. The molecule has 1 spiro atoms. The number of hydrogen-bond donors (Lipinski definition) is 1. The Morgan fingerprint density at radius 3 is 2.65 bits per heavy atom. The van der Waals surface area contributed by atoms with Crippen molar-refractivity contribution in [1.82, 2.24) is 0 Å². The summed E-state index contributed by atoms with van der Waals surface area (Å²) in [5.74, 6) is -0.768. The van der Waals surface area contributed by atoms with Crippen molar-refractivity contribution in [3.63, 3.8) is 0 Å². The Morgan fingerprint density at radius 1 is 1.26 bits per heavy atom. The van der Waals surface area contributed by atoms with Crippen molar-refractivity contribution in [2.45, 2.75) is 83.2 Å². The lowest BCUT2D eigenvalue weighted by molar-refractivity contribution is -0.191. The quantitative estimate of drug-likeness (QED) is 0.219. The monoisotopic (exact) mass is 428 g/mol. The van der Waals surface area contributed by atoms with E-state index in [2.05, 4.69) is 13.0 Å². The largest absolute Gasteiger partial charge is 0.456 e. The third kappa shape index (κ3) is 3.87. The molecule has 1 N–H and O–H groups in total. The maximum Gasteiger partial charge on any atom is 0.331 e. The SMILES string of the molecule is CCC/C=C/C=C/C=C/C(=O)O[C@@H]1CC[C@@](C)(O)[C@]2(C)C/C(=C(\C)C=O)C(=O)[C@H]3O[C@@]312. The van der Waals surface area contributed by atoms with E-state index in [1.54, 1.807) is 26.0 Å². The molecule has 0 unspecified atom stereocenters. The van der Waals surface area contributed by atoms with E-state index in [1.165, 1.54) is 6.08 Å². The summed E-state index contributed by atoms with van der Waals surface area (Å²) in [5, 5.41) is 11.2. The van der Waals surface area contributed by atoms with E-state index in [0.717, 1.165) is 12.8 Å². The highest BCUT2D eigenvalue weighted by molar-refractivity contribution is 6.06. The van der Waals surface area contributed by atoms with Crippen molar-refractivity contribution in [2.24, 2.45) is 5.41 Å². The highest BCUT2D eigenvalue weighted by atomic mass is 16.7. The number of allylic oxidation sites excluding steroid dienone is 6. The molecule has 6 nitrogen and oxygen atoms in total. The number of ether oxygens (including phenoxy) is 2. The fraction of sp³-hybridized carbons (Fsp3) is 0.560. The van der Waals surface area contributed by atoms with Crippen molar-refractivity contribution in [2.75, 3.05) is 0 Å². The number of hydrogen-bond acceptors (Lipinski definition) is 6. The summed E-state index contributed by atoms with van der Waals surface area (Å²) in [6.45, 7) is 7.29. The number of ketones is 1. The summed E-state index contributed by atoms with van der Waals surface area (Å²) in [7, 11) is 0. The molecule has 1 saturated heterocycles. The number of aldehydes is 1. The van der Waals surface area contributed by atoms with Gasteiger partial charge in [0.25, 0.3) is 0 Å². The van der Waals surface area contributed by atoms with Crippen LogP contribution in [0.25, 0.3) is 0 Å². The molecule has 0 radical (unpaired) electrons. The summed E-state index contributed by atoms with van der Waals surface area (Å²) in [6, 6.07) is 0. The lowest BCUT2D eigenvalue weighted by Gasteiger charge is -2.54. The summed E-state index contributed by atoms with van der Waals surface area (Å²) in [5.41, 5.74) is -2.32. The Morgan fingerprint density at radius 2 is 1.97 bits per heavy atom. The Kier molecular flexibility index (Phi) is 6.53. The van der Waals surface area contributed by atoms with Crippen LogP contribution in [0.3, 0.4) is 0 Å². The van der Waals surface area contributed by atoms with Gasteiger partial charge < -0.3 is 14.6 Å². The Labute approximate surface area is 183 Å². The molecule has 5 atom stereocenters. The molecule has 168 valence electrons. The molecule has 2 saturated carbocycles. The Bertz CT molecular complexity index is 876. The van der Waals surface area contributed by atoms with Gasteiger partial charge in [-0.1, -0.05) is 50.6 Å². The van der Waals surface area contributed by atoms with Crippen molar-refractivity contribution < 1.29 is 29.0 Å². The zero-order valence-electron chi connectivity index (χ0n) is 18.7. The van der Waals surface area contributed by atoms with Crippen LogP contribution in [0.15, 0.2) is 47.6 Å². The number of rotatable bonds is 7. The predicted octanol–water partition coefficient (Wildman–Crippen LogP) is 3.54. The zero-order chi connectivity index (χ0) is 22.9. The molecule has 0 bridgehead atoms. The minimum Gasteiger partial charge on any atom is -0.456 e. The standard InChI is InChI=1S/C25H32O6/c1-5-6-7-8-9-10-11-12-20(27)30-19-13-14-24(4,29)23(3)15-18(17(2)16-26)21(28)22-25(19,23)31-22/h7-12,16,19,22,29H,5-6,13-15H2,1-4H3/b8-7+,10-9+,12-11+,18-17-/t19-,22-,23+,24-,25-/m1/s1. The summed E-state index contributed by atoms with van der Waals surface area (Å²) in [4.78, 5) is 36.7. The maximum absolute atomic E-state index is 12.9. The molecular formula is C25H32O6. The minimum atomic E-state index is -1.14. The summed E-state index contributed by atoms with van der Waals surface area (Å²) in [6.07, 6.45) is 12.8. The Hall–Kier alpha value is -2.31. The summed E-state index contributed by atoms with van der Waals surface area (Å²) < 4.78 is 11.7. The van der Waals surface area contributed by atoms with Crippen LogP contribution in [0.1, 0.15) is 59.8 Å². The van der Waals surface area contributed by atoms with E-state index >= 15 is 0 Å². The predicted molar refractivity (Wildman–Crippen MR) is 116 cm³/mol. The van der Waals surface area contributed by atoms with Crippen LogP contribution in [0.4, 0.5) is 0 Å². The number of carbonyl (C=O) groups is 3. The van der Waals surface area contributed by atoms with E-state index in [-0.39, 0.29) is 12.2 Å². The Balaban J connectivity index is 1.79. The molecule has 3 fully saturated rings. The van der Waals surface area contributed by atoms with Crippen LogP contribution in [0.5, 0.6) is 0 Å². The van der Waals surface area contributed by atoms with Gasteiger partial charge in [0.05, 0.1) is 5.60 Å². The average molecular weight is 429 g/mol. The van der Waals surface area contributed by atoms with Gasteiger partial charge in [0, 0.05) is 17.1 Å². The second kappa shape index (κ2) is 8.67. The van der Waals surface area contributed by atoms with Gasteiger partial charge >= 0.3 is 5.97 Å². The van der Waals surface area contributed by atoms with Crippen molar-refractivity contribution in [3.05, 3.63) is 47.6 Å². The van der Waals surface area contributed by atoms with Gasteiger partial charge in [-0.3, -0.25) is 9.59 Å². The average Bonchev–Trinajstić information content (AvgIpc) is 3.49. The maximum atomic E-state index is 12.9. The molecule has 1 heterocycles. The van der Waals surface area contributed by atoms with E-state index in [4.69, 9.17) is 9.47 Å². The van der Waals surface area contributed by atoms with Gasteiger partial charge in [0.2, 0.25) is 0 Å². The van der Waals surface area contributed by atoms with Crippen molar-refractivity contribution in [1.29, 1.82) is 0 Å². The number of aliphatic hydroxyl groups is 1. The number of Topliss-reactive ketones (excluding diaryl/α,β-unsaturated/α-hetero) is 1. The third-order valence-corrected chi connectivity index (χ3v) is 7.20. The summed E-state index contributed by atoms with van der Waals surface area (Å²) >= 11 is 0. The van der Waals surface area contributed by atoms with Crippen LogP contribution >= 0.6 is 0 Å². The minimum absolute atomic E-state index is 0.205. The van der Waals surface area contributed by atoms with Crippen LogP contribution in [0, 0.1) is 5.41 Å². The van der Waals surface area contributed by atoms with E-state index < -0.39 is 34.8 Å². The van der Waals surface area contributed by atoms with Crippen LogP contribution in [-0.4, -0.2) is 46.6 Å². The van der Waals surface area contributed by atoms with Crippen molar-refractivity contribution in [3.8, 4) is 0 Å². The number of esters is 1. The second-order valence-electron chi connectivity index (χ2n) is 9.14. The molecule has 3 rings (SSSR count). The van der Waals surface area contributed by atoms with Gasteiger partial charge in [0.15, 0.2) is 11.9 Å². The van der Waals surface area contributed by atoms with E-state index in [9.17, 15) is 19.5 Å². The van der Waals surface area contributed by atoms with E-state index in [1.807, 2.05) is 19.1 Å². The molecule has 0 aromatic carbocycles. The van der Waals surface area contributed by atoms with Gasteiger partial charge in [-0.25, -0.2) is 4.79 Å². The van der Waals surface area contributed by atoms with Gasteiger partial charge in [-0.2, -0.15) is 0 Å². The molecule has 3 aliphatic rings. The fourth-order valence-electron chi connectivity index (χ4n) is 5.01. The van der Waals surface area contributed by atoms with Gasteiger partial charge in [-0.15, -0.1) is 0 Å². The molecule has 0 aromatic heterocycles. The molecule has 0 amide bonds. The molecule has 6 heteroatoms. The molecule has 31 heavy (non-hydrogen) atoms. The normalized spacial score (nSPS) is 38.9. The molecular weight excluding hydrogens is 396 g/mol. The fourth-order valence-corrected chi connectivity index (χ4v) is 5.01. The number of carbonyl (C=O) groups excluding carboxylic acids is 3. The lowest BCUT2D eigenvalue weighted by Crippen LogP contribution is -2.66. The topological polar surface area (TPSA) is 93.2 Å². The molecule has 1 aliphatic heterocycles. The first kappa shape index (κ1) is 23.4. The van der Waals surface area contributed by atoms with E-state index in [0.29, 0.717) is 30.3 Å². The van der Waals surface area contributed by atoms with Gasteiger partial charge in [-0.05, 0) is 45.1 Å². The van der Waals surface area contributed by atoms with Crippen LogP contribution in [0.2, 0.25) is 0 Å². The first-order valence-corrected chi connectivity index (χ1v) is 10.9. The first-order chi connectivity index (χ1) is 14.6. The van der Waals surface area contributed by atoms with Gasteiger partial charge in [0.1, 0.15) is 18.0 Å². The first-order valence-electron chi connectivity index (χ1n) is 10.9. The number of unbranched alkanes of at least 4 members (excludes halogenated alkanes) is 1. The number of epoxide rings is 1. The van der Waals surface area contributed by atoms with Crippen LogP contribution in [-0.2, 0) is 23.9 Å². The molecule has 2 aliphatic carbocycles. The lowest BCUT2D eigenvalue weighted by atomic mass is 9.51. The third-order valence-electron chi connectivity index (χ3n) is 7.20. The second-order valence-corrected chi connectivity index (χ2v) is 9.14.